The molecule has 0 radical (unpaired) electrons. The SMILES string of the molecule is CCCCCCCC1CCC([C@]2(CC(F)F)CC[C@@H](C(=O)O)CC2)CC1. The van der Waals surface area contributed by atoms with Gasteiger partial charge in [0.2, 0.25) is 6.43 Å². The fraction of sp³-hybridized carbons (Fsp3) is 0.955. The summed E-state index contributed by atoms with van der Waals surface area (Å²) in [6.07, 6.45) is 12.7. The first-order chi connectivity index (χ1) is 12.5. The predicted octanol–water partition coefficient (Wildman–Crippen LogP) is 7.07. The molecule has 1 N–H and O–H groups in total. The van der Waals surface area contributed by atoms with Gasteiger partial charge in [0.15, 0.2) is 0 Å². The van der Waals surface area contributed by atoms with Crippen LogP contribution in [0.4, 0.5) is 8.78 Å². The summed E-state index contributed by atoms with van der Waals surface area (Å²) in [6.45, 7) is 2.24. The van der Waals surface area contributed by atoms with Crippen LogP contribution >= 0.6 is 0 Å². The maximum Gasteiger partial charge on any atom is 0.306 e. The predicted molar refractivity (Wildman–Crippen MR) is 101 cm³/mol. The van der Waals surface area contributed by atoms with E-state index in [4.69, 9.17) is 0 Å². The molecule has 0 saturated heterocycles. The molecule has 26 heavy (non-hydrogen) atoms. The van der Waals surface area contributed by atoms with E-state index >= 15 is 0 Å². The number of rotatable bonds is 10. The molecule has 0 aliphatic heterocycles. The lowest BCUT2D eigenvalue weighted by atomic mass is 9.57. The average molecular weight is 373 g/mol. The Hall–Kier alpha value is -0.670. The highest BCUT2D eigenvalue weighted by Gasteiger charge is 2.45. The van der Waals surface area contributed by atoms with Gasteiger partial charge in [0, 0.05) is 6.42 Å². The molecule has 0 spiro atoms. The van der Waals surface area contributed by atoms with E-state index in [2.05, 4.69) is 6.92 Å². The Bertz CT molecular complexity index is 408. The van der Waals surface area contributed by atoms with E-state index in [9.17, 15) is 18.7 Å². The molecule has 2 aliphatic rings. The molecule has 0 amide bonds. The Labute approximate surface area is 158 Å². The van der Waals surface area contributed by atoms with Crippen LogP contribution in [0, 0.1) is 23.2 Å². The summed E-state index contributed by atoms with van der Waals surface area (Å²) < 4.78 is 26.6. The molecule has 2 fully saturated rings. The molecule has 4 heteroatoms. The van der Waals surface area contributed by atoms with E-state index < -0.39 is 12.4 Å². The molecule has 2 aliphatic carbocycles. The van der Waals surface area contributed by atoms with Gasteiger partial charge < -0.3 is 5.11 Å². The molecule has 0 atom stereocenters. The third-order valence-corrected chi connectivity index (χ3v) is 7.32. The molecule has 152 valence electrons. The molecule has 0 heterocycles. The summed E-state index contributed by atoms with van der Waals surface area (Å²) >= 11 is 0. The Morgan fingerprint density at radius 3 is 2.15 bits per heavy atom. The van der Waals surface area contributed by atoms with Crippen molar-refractivity contribution in [3.05, 3.63) is 0 Å². The molecular formula is C22H38F2O2. The van der Waals surface area contributed by atoms with Crippen LogP contribution in [-0.2, 0) is 4.79 Å². The fourth-order valence-electron chi connectivity index (χ4n) is 5.63. The van der Waals surface area contributed by atoms with E-state index in [-0.39, 0.29) is 17.8 Å². The van der Waals surface area contributed by atoms with Crippen LogP contribution in [0.3, 0.4) is 0 Å². The van der Waals surface area contributed by atoms with Gasteiger partial charge in [0.05, 0.1) is 5.92 Å². The Kier molecular flexibility index (Phi) is 8.83. The van der Waals surface area contributed by atoms with Crippen molar-refractivity contribution < 1.29 is 18.7 Å². The van der Waals surface area contributed by atoms with Crippen LogP contribution in [0.5, 0.6) is 0 Å². The number of carbonyl (C=O) groups is 1. The maximum atomic E-state index is 13.3. The zero-order valence-electron chi connectivity index (χ0n) is 16.5. The minimum atomic E-state index is -2.27. The summed E-state index contributed by atoms with van der Waals surface area (Å²) in [5.74, 6) is 0.0945. The topological polar surface area (TPSA) is 37.3 Å². The minimum Gasteiger partial charge on any atom is -0.481 e. The molecular weight excluding hydrogens is 334 g/mol. The van der Waals surface area contributed by atoms with Crippen molar-refractivity contribution >= 4 is 5.97 Å². The highest BCUT2D eigenvalue weighted by Crippen LogP contribution is 2.53. The lowest BCUT2D eigenvalue weighted by Gasteiger charge is -2.47. The van der Waals surface area contributed by atoms with Gasteiger partial charge in [-0.3, -0.25) is 4.79 Å². The summed E-state index contributed by atoms with van der Waals surface area (Å²) in [5.41, 5.74) is -0.299. The normalized spacial score (nSPS) is 32.7. The van der Waals surface area contributed by atoms with Crippen molar-refractivity contribution in [3.63, 3.8) is 0 Å². The van der Waals surface area contributed by atoms with Crippen LogP contribution in [0.2, 0.25) is 0 Å². The van der Waals surface area contributed by atoms with Crippen LogP contribution in [0.1, 0.15) is 103 Å². The average Bonchev–Trinajstić information content (AvgIpc) is 2.62. The molecule has 0 unspecified atom stereocenters. The number of carboxylic acids is 1. The van der Waals surface area contributed by atoms with Crippen molar-refractivity contribution in [1.82, 2.24) is 0 Å². The van der Waals surface area contributed by atoms with Crippen molar-refractivity contribution in [2.75, 3.05) is 0 Å². The number of hydrogen-bond acceptors (Lipinski definition) is 1. The van der Waals surface area contributed by atoms with Crippen LogP contribution in [-0.4, -0.2) is 17.5 Å². The lowest BCUT2D eigenvalue weighted by molar-refractivity contribution is -0.144. The third-order valence-electron chi connectivity index (χ3n) is 7.32. The van der Waals surface area contributed by atoms with E-state index in [1.54, 1.807) is 0 Å². The summed E-state index contributed by atoms with van der Waals surface area (Å²) in [5, 5.41) is 9.22. The van der Waals surface area contributed by atoms with E-state index in [1.165, 1.54) is 51.4 Å². The van der Waals surface area contributed by atoms with Crippen LogP contribution in [0.25, 0.3) is 0 Å². The Balaban J connectivity index is 1.82. The largest absolute Gasteiger partial charge is 0.481 e. The quantitative estimate of drug-likeness (QED) is 0.416. The zero-order chi connectivity index (χ0) is 19.0. The zero-order valence-corrected chi connectivity index (χ0v) is 16.5. The number of unbranched alkanes of at least 4 members (excludes halogenated alkanes) is 4. The number of alkyl halides is 2. The van der Waals surface area contributed by atoms with Crippen molar-refractivity contribution in [2.45, 2.75) is 110 Å². The molecule has 2 nitrogen and oxygen atoms in total. The van der Waals surface area contributed by atoms with Gasteiger partial charge in [-0.1, -0.05) is 58.3 Å². The maximum absolute atomic E-state index is 13.3. The number of hydrogen-bond donors (Lipinski definition) is 1. The highest BCUT2D eigenvalue weighted by molar-refractivity contribution is 5.70. The third kappa shape index (κ3) is 6.20. The second-order valence-corrected chi connectivity index (χ2v) is 8.99. The first kappa shape index (κ1) is 21.6. The van der Waals surface area contributed by atoms with Crippen molar-refractivity contribution in [2.24, 2.45) is 23.2 Å². The Morgan fingerprint density at radius 1 is 1.00 bits per heavy atom. The summed E-state index contributed by atoms with van der Waals surface area (Å²) in [4.78, 5) is 11.2. The fourth-order valence-corrected chi connectivity index (χ4v) is 5.63. The van der Waals surface area contributed by atoms with E-state index in [0.29, 0.717) is 31.6 Å². The molecule has 0 aromatic heterocycles. The van der Waals surface area contributed by atoms with Crippen LogP contribution in [0.15, 0.2) is 0 Å². The second kappa shape index (κ2) is 10.6. The molecule has 0 aromatic carbocycles. The van der Waals surface area contributed by atoms with Gasteiger partial charge in [0.25, 0.3) is 0 Å². The number of halogens is 2. The van der Waals surface area contributed by atoms with Gasteiger partial charge in [-0.2, -0.15) is 0 Å². The van der Waals surface area contributed by atoms with E-state index in [0.717, 1.165) is 18.8 Å². The minimum absolute atomic E-state index is 0.0221. The van der Waals surface area contributed by atoms with Crippen molar-refractivity contribution in [1.29, 1.82) is 0 Å². The van der Waals surface area contributed by atoms with Gasteiger partial charge >= 0.3 is 5.97 Å². The van der Waals surface area contributed by atoms with Crippen LogP contribution < -0.4 is 0 Å². The first-order valence-electron chi connectivity index (χ1n) is 11.0. The highest BCUT2D eigenvalue weighted by atomic mass is 19.3. The standard InChI is InChI=1S/C22H38F2O2/c1-2-3-4-5-6-7-17-8-10-19(11-9-17)22(16-20(23)24)14-12-18(13-15-22)21(25)26/h17-20H,2-16H2,1H3,(H,25,26)/t17?,18-,19?,22-. The smallest absolute Gasteiger partial charge is 0.306 e. The molecule has 2 rings (SSSR count). The van der Waals surface area contributed by atoms with Gasteiger partial charge in [-0.15, -0.1) is 0 Å². The van der Waals surface area contributed by atoms with E-state index in [1.807, 2.05) is 0 Å². The second-order valence-electron chi connectivity index (χ2n) is 8.99. The van der Waals surface area contributed by atoms with Crippen molar-refractivity contribution in [3.8, 4) is 0 Å². The molecule has 0 aromatic rings. The Morgan fingerprint density at radius 2 is 1.62 bits per heavy atom. The van der Waals surface area contributed by atoms with Gasteiger partial charge in [-0.05, 0) is 55.8 Å². The number of aliphatic carboxylic acids is 1. The van der Waals surface area contributed by atoms with Gasteiger partial charge in [-0.25, -0.2) is 8.78 Å². The monoisotopic (exact) mass is 372 g/mol. The first-order valence-corrected chi connectivity index (χ1v) is 11.0. The summed E-state index contributed by atoms with van der Waals surface area (Å²) in [6, 6.07) is 0. The number of carboxylic acid groups (broad SMARTS) is 1. The molecule has 0 bridgehead atoms. The lowest BCUT2D eigenvalue weighted by Crippen LogP contribution is -2.40. The van der Waals surface area contributed by atoms with Gasteiger partial charge in [0.1, 0.15) is 0 Å². The molecule has 2 saturated carbocycles. The summed E-state index contributed by atoms with van der Waals surface area (Å²) in [7, 11) is 0.